The fourth-order valence-corrected chi connectivity index (χ4v) is 6.34. The summed E-state index contributed by atoms with van der Waals surface area (Å²) in [4.78, 5) is 13.5. The molecule has 10 heteroatoms. The van der Waals surface area contributed by atoms with E-state index in [2.05, 4.69) is 38.0 Å². The van der Waals surface area contributed by atoms with Crippen molar-refractivity contribution in [2.45, 2.75) is 38.3 Å². The Kier molecular flexibility index (Phi) is 6.39. The van der Waals surface area contributed by atoms with Crippen molar-refractivity contribution in [3.05, 3.63) is 64.0 Å². The number of rotatable bonds is 6. The first-order valence-corrected chi connectivity index (χ1v) is 13.5. The fourth-order valence-electron chi connectivity index (χ4n) is 5.66. The second-order valence-corrected chi connectivity index (χ2v) is 11.1. The van der Waals surface area contributed by atoms with Crippen LogP contribution in [0, 0.1) is 11.3 Å². The minimum Gasteiger partial charge on any atom is -0.486 e. The number of fused-ring (bicyclic) bond motifs is 1. The summed E-state index contributed by atoms with van der Waals surface area (Å²) >= 11 is 12.6. The van der Waals surface area contributed by atoms with Gasteiger partial charge in [0.1, 0.15) is 29.4 Å². The molecule has 194 valence electrons. The van der Waals surface area contributed by atoms with E-state index in [0.717, 1.165) is 48.5 Å². The first-order chi connectivity index (χ1) is 18.4. The standard InChI is InChI=1S/C28H27Cl2N7O/c1-17(25-22(29)13-32-14-23(25)30)38-20-5-6-24-21(10-20)26(35-34-24)19-9-18(11-31)27(33-12-19)36-15-28(2,16-36)37-7-3-4-8-37/h5-6,9-10,12-14,17H,3-4,7-8,15-16H2,1-2H3,(H,34,35)/t17-/m1/s1. The van der Waals surface area contributed by atoms with Gasteiger partial charge in [-0.15, -0.1) is 0 Å². The molecule has 5 heterocycles. The van der Waals surface area contributed by atoms with Gasteiger partial charge < -0.3 is 9.64 Å². The number of hydrogen-bond acceptors (Lipinski definition) is 7. The molecule has 6 rings (SSSR count). The second-order valence-electron chi connectivity index (χ2n) is 10.3. The predicted molar refractivity (Wildman–Crippen MR) is 149 cm³/mol. The summed E-state index contributed by atoms with van der Waals surface area (Å²) in [5.74, 6) is 1.38. The number of hydrogen-bond donors (Lipinski definition) is 1. The van der Waals surface area contributed by atoms with Gasteiger partial charge in [0.15, 0.2) is 0 Å². The molecule has 8 nitrogen and oxygen atoms in total. The lowest BCUT2D eigenvalue weighted by Gasteiger charge is -2.53. The predicted octanol–water partition coefficient (Wildman–Crippen LogP) is 6.01. The van der Waals surface area contributed by atoms with E-state index >= 15 is 0 Å². The molecule has 0 aliphatic carbocycles. The molecule has 2 aliphatic rings. The largest absolute Gasteiger partial charge is 0.486 e. The van der Waals surface area contributed by atoms with E-state index in [4.69, 9.17) is 32.9 Å². The number of benzene rings is 1. The number of ether oxygens (including phenoxy) is 1. The lowest BCUT2D eigenvalue weighted by molar-refractivity contribution is 0.101. The lowest BCUT2D eigenvalue weighted by Crippen LogP contribution is -2.68. The fraction of sp³-hybridized carbons (Fsp3) is 0.357. The Morgan fingerprint density at radius 1 is 1.11 bits per heavy atom. The van der Waals surface area contributed by atoms with Crippen LogP contribution in [0.4, 0.5) is 5.82 Å². The zero-order valence-electron chi connectivity index (χ0n) is 21.2. The Morgan fingerprint density at radius 3 is 2.55 bits per heavy atom. The maximum absolute atomic E-state index is 9.96. The first-order valence-electron chi connectivity index (χ1n) is 12.7. The highest BCUT2D eigenvalue weighted by atomic mass is 35.5. The third kappa shape index (κ3) is 4.35. The highest BCUT2D eigenvalue weighted by Gasteiger charge is 2.45. The van der Waals surface area contributed by atoms with Crippen molar-refractivity contribution in [1.29, 1.82) is 5.26 Å². The maximum atomic E-state index is 9.96. The molecule has 0 saturated carbocycles. The number of likely N-dealkylation sites (tertiary alicyclic amines) is 1. The third-order valence-corrected chi connectivity index (χ3v) is 8.24. The summed E-state index contributed by atoms with van der Waals surface area (Å²) in [6, 6.07) is 9.92. The molecule has 2 saturated heterocycles. The maximum Gasteiger partial charge on any atom is 0.146 e. The average molecular weight is 548 g/mol. The number of nitriles is 1. The van der Waals surface area contributed by atoms with Crippen molar-refractivity contribution in [3.63, 3.8) is 0 Å². The summed E-state index contributed by atoms with van der Waals surface area (Å²) < 4.78 is 6.19. The third-order valence-electron chi connectivity index (χ3n) is 7.64. The smallest absolute Gasteiger partial charge is 0.146 e. The highest BCUT2D eigenvalue weighted by Crippen LogP contribution is 2.38. The van der Waals surface area contributed by atoms with Gasteiger partial charge in [-0.1, -0.05) is 23.2 Å². The number of pyridine rings is 2. The molecule has 1 aromatic carbocycles. The van der Waals surface area contributed by atoms with Gasteiger partial charge >= 0.3 is 0 Å². The lowest BCUT2D eigenvalue weighted by atomic mass is 9.89. The van der Waals surface area contributed by atoms with Crippen LogP contribution in [0.5, 0.6) is 5.75 Å². The Bertz CT molecular complexity index is 1530. The van der Waals surface area contributed by atoms with Gasteiger partial charge in [-0.25, -0.2) is 4.98 Å². The van der Waals surface area contributed by atoms with Crippen molar-refractivity contribution < 1.29 is 4.74 Å². The van der Waals surface area contributed by atoms with Crippen molar-refractivity contribution in [2.75, 3.05) is 31.1 Å². The molecule has 0 radical (unpaired) electrons. The summed E-state index contributed by atoms with van der Waals surface area (Å²) in [7, 11) is 0. The quantitative estimate of drug-likeness (QED) is 0.315. The van der Waals surface area contributed by atoms with E-state index in [9.17, 15) is 5.26 Å². The van der Waals surface area contributed by atoms with Crippen LogP contribution in [0.15, 0.2) is 42.9 Å². The molecule has 2 aliphatic heterocycles. The first kappa shape index (κ1) is 24.9. The van der Waals surface area contributed by atoms with Gasteiger partial charge in [-0.3, -0.25) is 15.0 Å². The molecular weight excluding hydrogens is 521 g/mol. The summed E-state index contributed by atoms with van der Waals surface area (Å²) in [6.07, 6.45) is 7.04. The summed E-state index contributed by atoms with van der Waals surface area (Å²) in [5, 5.41) is 19.3. The molecule has 4 aromatic rings. The number of nitrogens with zero attached hydrogens (tertiary/aromatic N) is 6. The van der Waals surface area contributed by atoms with Crippen LogP contribution in [-0.4, -0.2) is 56.8 Å². The Hall–Kier alpha value is -3.38. The van der Waals surface area contributed by atoms with Gasteiger partial charge in [0.05, 0.1) is 26.7 Å². The van der Waals surface area contributed by atoms with Crippen LogP contribution >= 0.6 is 23.2 Å². The molecule has 0 bridgehead atoms. The summed E-state index contributed by atoms with van der Waals surface area (Å²) in [6.45, 7) is 8.26. The number of aromatic amines is 1. The topological polar surface area (TPSA) is 94.0 Å². The number of H-pyrrole nitrogens is 1. The molecule has 1 N–H and O–H groups in total. The van der Waals surface area contributed by atoms with Crippen molar-refractivity contribution in [2.24, 2.45) is 0 Å². The molecule has 1 atom stereocenters. The van der Waals surface area contributed by atoms with Crippen LogP contribution < -0.4 is 9.64 Å². The van der Waals surface area contributed by atoms with Gasteiger partial charge in [0, 0.05) is 48.2 Å². The zero-order valence-corrected chi connectivity index (χ0v) is 22.7. The second kappa shape index (κ2) is 9.73. The summed E-state index contributed by atoms with van der Waals surface area (Å²) in [5.41, 5.74) is 3.71. The van der Waals surface area contributed by atoms with Crippen molar-refractivity contribution in [1.82, 2.24) is 25.1 Å². The van der Waals surface area contributed by atoms with Crippen molar-refractivity contribution >= 4 is 39.9 Å². The van der Waals surface area contributed by atoms with Crippen LogP contribution in [0.1, 0.15) is 43.9 Å². The minimum absolute atomic E-state index is 0.153. The van der Waals surface area contributed by atoms with Crippen LogP contribution in [0.3, 0.4) is 0 Å². The number of nitrogens with one attached hydrogen (secondary N) is 1. The van der Waals surface area contributed by atoms with E-state index in [1.54, 1.807) is 18.6 Å². The van der Waals surface area contributed by atoms with E-state index in [1.807, 2.05) is 31.2 Å². The Balaban J connectivity index is 1.26. The normalized spacial score (nSPS) is 17.8. The van der Waals surface area contributed by atoms with Gasteiger partial charge in [-0.2, -0.15) is 10.4 Å². The number of aromatic nitrogens is 4. The Labute approximate surface area is 231 Å². The number of anilines is 1. The number of halogens is 2. The van der Waals surface area contributed by atoms with Crippen LogP contribution in [0.2, 0.25) is 10.0 Å². The van der Waals surface area contributed by atoms with Crippen molar-refractivity contribution in [3.8, 4) is 23.1 Å². The van der Waals surface area contributed by atoms with Gasteiger partial charge in [-0.05, 0) is 64.0 Å². The highest BCUT2D eigenvalue weighted by molar-refractivity contribution is 6.35. The molecule has 38 heavy (non-hydrogen) atoms. The molecular formula is C28H27Cl2N7O. The molecule has 2 fully saturated rings. The SMILES string of the molecule is C[C@@H](Oc1ccc2[nH]nc(-c3cnc(N4CC(C)(N5CCCC5)C4)c(C#N)c3)c2c1)c1c(Cl)cncc1Cl. The van der Waals surface area contributed by atoms with E-state index in [1.165, 1.54) is 12.8 Å². The minimum atomic E-state index is -0.389. The molecule has 0 unspecified atom stereocenters. The zero-order chi connectivity index (χ0) is 26.4. The molecule has 0 amide bonds. The van der Waals surface area contributed by atoms with E-state index in [0.29, 0.717) is 32.6 Å². The van der Waals surface area contributed by atoms with Crippen LogP contribution in [0.25, 0.3) is 22.2 Å². The average Bonchev–Trinajstić information content (AvgIpc) is 3.57. The van der Waals surface area contributed by atoms with E-state index in [-0.39, 0.29) is 11.6 Å². The van der Waals surface area contributed by atoms with E-state index < -0.39 is 0 Å². The van der Waals surface area contributed by atoms with Gasteiger partial charge in [0.2, 0.25) is 0 Å². The van der Waals surface area contributed by atoms with Gasteiger partial charge in [0.25, 0.3) is 0 Å². The molecule has 3 aromatic heterocycles. The monoisotopic (exact) mass is 547 g/mol. The molecule has 0 spiro atoms. The van der Waals surface area contributed by atoms with Crippen LogP contribution in [-0.2, 0) is 0 Å². The Morgan fingerprint density at radius 2 is 1.84 bits per heavy atom.